The van der Waals surface area contributed by atoms with Crippen LogP contribution in [0.2, 0.25) is 0 Å². The number of rotatable bonds is 5. The van der Waals surface area contributed by atoms with Crippen LogP contribution in [0.3, 0.4) is 0 Å². The average molecular weight is 257 g/mol. The fourth-order valence-electron chi connectivity index (χ4n) is 1.86. The minimum absolute atomic E-state index is 0.627. The number of benzene rings is 1. The molecule has 0 bridgehead atoms. The third kappa shape index (κ3) is 3.61. The van der Waals surface area contributed by atoms with Gasteiger partial charge in [0.25, 0.3) is 0 Å². The predicted molar refractivity (Wildman–Crippen MR) is 78.3 cm³/mol. The monoisotopic (exact) mass is 257 g/mol. The Morgan fingerprint density at radius 1 is 1.32 bits per heavy atom. The van der Waals surface area contributed by atoms with Gasteiger partial charge in [0.2, 0.25) is 0 Å². The number of aromatic nitrogens is 1. The van der Waals surface area contributed by atoms with Crippen LogP contribution in [0.25, 0.3) is 0 Å². The van der Waals surface area contributed by atoms with Gasteiger partial charge in [0, 0.05) is 29.7 Å². The second kappa shape index (κ2) is 6.09. The van der Waals surface area contributed by atoms with Crippen molar-refractivity contribution in [3.05, 3.63) is 47.8 Å². The smallest absolute Gasteiger partial charge is 0.123 e. The molecule has 0 unspecified atom stereocenters. The van der Waals surface area contributed by atoms with E-state index in [2.05, 4.69) is 23.3 Å². The van der Waals surface area contributed by atoms with E-state index in [9.17, 15) is 0 Å². The predicted octanol–water partition coefficient (Wildman–Crippen LogP) is 2.98. The Bertz CT molecular complexity index is 555. The van der Waals surface area contributed by atoms with Gasteiger partial charge in [0.15, 0.2) is 0 Å². The number of nitrogens with two attached hydrogens (primary N) is 1. The quantitative estimate of drug-likeness (QED) is 0.808. The summed E-state index contributed by atoms with van der Waals surface area (Å²) in [6.07, 6.45) is 1.80. The van der Waals surface area contributed by atoms with Gasteiger partial charge in [0.05, 0.1) is 18.8 Å². The number of hydrogen-bond donors (Lipinski definition) is 2. The lowest BCUT2D eigenvalue weighted by molar-refractivity contribution is 0.340. The van der Waals surface area contributed by atoms with Crippen LogP contribution in [0.5, 0.6) is 5.75 Å². The Labute approximate surface area is 113 Å². The largest absolute Gasteiger partial charge is 0.494 e. The minimum Gasteiger partial charge on any atom is -0.494 e. The molecular formula is C15H19N3O. The molecule has 1 aromatic carbocycles. The molecule has 3 N–H and O–H groups in total. The Morgan fingerprint density at radius 2 is 2.16 bits per heavy atom. The van der Waals surface area contributed by atoms with Crippen molar-refractivity contribution in [2.24, 2.45) is 0 Å². The van der Waals surface area contributed by atoms with Gasteiger partial charge in [0.1, 0.15) is 5.75 Å². The van der Waals surface area contributed by atoms with Crippen LogP contribution in [-0.2, 0) is 6.54 Å². The molecule has 19 heavy (non-hydrogen) atoms. The highest BCUT2D eigenvalue weighted by atomic mass is 16.5. The third-order valence-corrected chi connectivity index (χ3v) is 2.82. The fraction of sp³-hybridized carbons (Fsp3) is 0.267. The van der Waals surface area contributed by atoms with Crippen LogP contribution < -0.4 is 15.8 Å². The van der Waals surface area contributed by atoms with E-state index in [1.807, 2.05) is 31.2 Å². The van der Waals surface area contributed by atoms with Crippen LogP contribution in [0.15, 0.2) is 36.5 Å². The Kier molecular flexibility index (Phi) is 4.23. The number of aryl methyl sites for hydroxylation is 1. The van der Waals surface area contributed by atoms with E-state index in [4.69, 9.17) is 10.5 Å². The number of anilines is 2. The van der Waals surface area contributed by atoms with Crippen molar-refractivity contribution in [3.63, 3.8) is 0 Å². The van der Waals surface area contributed by atoms with E-state index in [0.717, 1.165) is 17.1 Å². The fourth-order valence-corrected chi connectivity index (χ4v) is 1.86. The summed E-state index contributed by atoms with van der Waals surface area (Å²) in [6.45, 7) is 5.30. The van der Waals surface area contributed by atoms with Crippen molar-refractivity contribution in [1.82, 2.24) is 4.98 Å². The van der Waals surface area contributed by atoms with Crippen LogP contribution in [0.4, 0.5) is 11.4 Å². The van der Waals surface area contributed by atoms with Crippen molar-refractivity contribution in [3.8, 4) is 5.75 Å². The molecule has 4 nitrogen and oxygen atoms in total. The molecule has 0 spiro atoms. The first kappa shape index (κ1) is 13.2. The van der Waals surface area contributed by atoms with Crippen LogP contribution in [0, 0.1) is 6.92 Å². The Hall–Kier alpha value is -2.23. The first-order chi connectivity index (χ1) is 9.19. The van der Waals surface area contributed by atoms with Gasteiger partial charge in [-0.3, -0.25) is 4.98 Å². The molecule has 0 aliphatic carbocycles. The van der Waals surface area contributed by atoms with Crippen LogP contribution in [-0.4, -0.2) is 11.6 Å². The van der Waals surface area contributed by atoms with Gasteiger partial charge in [-0.05, 0) is 31.5 Å². The number of nitrogens with one attached hydrogen (secondary N) is 1. The third-order valence-electron chi connectivity index (χ3n) is 2.82. The number of hydrogen-bond acceptors (Lipinski definition) is 4. The molecule has 2 rings (SSSR count). The lowest BCUT2D eigenvalue weighted by Gasteiger charge is -2.11. The van der Waals surface area contributed by atoms with Gasteiger partial charge >= 0.3 is 0 Å². The minimum atomic E-state index is 0.627. The highest BCUT2D eigenvalue weighted by Crippen LogP contribution is 2.23. The number of ether oxygens (including phenoxy) is 1. The Morgan fingerprint density at radius 3 is 2.89 bits per heavy atom. The SMILES string of the molecule is CCOc1cc(N)cc(NCc2ncccc2C)c1. The molecule has 0 saturated heterocycles. The van der Waals surface area contributed by atoms with Gasteiger partial charge in [-0.15, -0.1) is 0 Å². The zero-order chi connectivity index (χ0) is 13.7. The first-order valence-electron chi connectivity index (χ1n) is 6.36. The Balaban J connectivity index is 2.09. The standard InChI is InChI=1S/C15H19N3O/c1-3-19-14-8-12(16)7-13(9-14)18-10-15-11(2)5-4-6-17-15/h4-9,18H,3,10,16H2,1-2H3. The lowest BCUT2D eigenvalue weighted by Crippen LogP contribution is -2.04. The van der Waals surface area contributed by atoms with Gasteiger partial charge in [-0.25, -0.2) is 0 Å². The zero-order valence-corrected chi connectivity index (χ0v) is 11.3. The molecule has 1 heterocycles. The van der Waals surface area contributed by atoms with E-state index in [1.165, 1.54) is 5.56 Å². The molecule has 0 aliphatic rings. The summed E-state index contributed by atoms with van der Waals surface area (Å²) in [7, 11) is 0. The van der Waals surface area contributed by atoms with Crippen molar-refractivity contribution in [2.45, 2.75) is 20.4 Å². The summed E-state index contributed by atoms with van der Waals surface area (Å²) in [5.74, 6) is 0.780. The molecule has 4 heteroatoms. The normalized spacial score (nSPS) is 10.2. The molecule has 0 atom stereocenters. The van der Waals surface area contributed by atoms with E-state index < -0.39 is 0 Å². The van der Waals surface area contributed by atoms with Gasteiger partial charge in [-0.1, -0.05) is 6.07 Å². The van der Waals surface area contributed by atoms with Gasteiger partial charge in [-0.2, -0.15) is 0 Å². The average Bonchev–Trinajstić information content (AvgIpc) is 2.37. The van der Waals surface area contributed by atoms with Crippen LogP contribution >= 0.6 is 0 Å². The zero-order valence-electron chi connectivity index (χ0n) is 11.3. The summed E-state index contributed by atoms with van der Waals surface area (Å²) >= 11 is 0. The molecule has 0 fully saturated rings. The molecule has 2 aromatic rings. The summed E-state index contributed by atoms with van der Waals surface area (Å²) in [4.78, 5) is 4.35. The lowest BCUT2D eigenvalue weighted by atomic mass is 10.2. The van der Waals surface area contributed by atoms with E-state index in [-0.39, 0.29) is 0 Å². The van der Waals surface area contributed by atoms with Crippen molar-refractivity contribution in [1.29, 1.82) is 0 Å². The number of nitrogen functional groups attached to an aromatic ring is 1. The topological polar surface area (TPSA) is 60.2 Å². The molecule has 0 saturated carbocycles. The molecule has 100 valence electrons. The molecule has 0 aliphatic heterocycles. The van der Waals surface area contributed by atoms with E-state index >= 15 is 0 Å². The second-order valence-corrected chi connectivity index (χ2v) is 4.34. The second-order valence-electron chi connectivity index (χ2n) is 4.34. The number of pyridine rings is 1. The van der Waals surface area contributed by atoms with Crippen molar-refractivity contribution >= 4 is 11.4 Å². The van der Waals surface area contributed by atoms with E-state index in [1.54, 1.807) is 6.20 Å². The van der Waals surface area contributed by atoms with E-state index in [0.29, 0.717) is 18.8 Å². The summed E-state index contributed by atoms with van der Waals surface area (Å²) < 4.78 is 5.47. The maximum Gasteiger partial charge on any atom is 0.123 e. The van der Waals surface area contributed by atoms with Crippen molar-refractivity contribution < 1.29 is 4.74 Å². The first-order valence-corrected chi connectivity index (χ1v) is 6.36. The summed E-state index contributed by atoms with van der Waals surface area (Å²) in [6, 6.07) is 9.64. The van der Waals surface area contributed by atoms with Gasteiger partial charge < -0.3 is 15.8 Å². The molecule has 1 aromatic heterocycles. The molecule has 0 amide bonds. The molecular weight excluding hydrogens is 238 g/mol. The van der Waals surface area contributed by atoms with Crippen LogP contribution in [0.1, 0.15) is 18.2 Å². The highest BCUT2D eigenvalue weighted by molar-refractivity contribution is 5.59. The summed E-state index contributed by atoms with van der Waals surface area (Å²) in [5.41, 5.74) is 9.68. The summed E-state index contributed by atoms with van der Waals surface area (Å²) in [5, 5.41) is 3.32. The maximum absolute atomic E-state index is 5.85. The maximum atomic E-state index is 5.85. The molecule has 0 radical (unpaired) electrons. The highest BCUT2D eigenvalue weighted by Gasteiger charge is 2.02. The number of nitrogens with zero attached hydrogens (tertiary/aromatic N) is 1. The van der Waals surface area contributed by atoms with Crippen molar-refractivity contribution in [2.75, 3.05) is 17.7 Å².